The van der Waals surface area contributed by atoms with Crippen molar-refractivity contribution >= 4 is 5.91 Å². The first-order valence-corrected chi connectivity index (χ1v) is 7.69. The number of nitrogens with two attached hydrogens (primary N) is 1. The number of ether oxygens (including phenoxy) is 1. The minimum absolute atomic E-state index is 0.0612. The van der Waals surface area contributed by atoms with E-state index in [2.05, 4.69) is 10.2 Å². The van der Waals surface area contributed by atoms with Gasteiger partial charge in [0.25, 0.3) is 5.91 Å². The average Bonchev–Trinajstić information content (AvgIpc) is 3.03. The number of carbonyl (C=O) groups excluding carboxylic acids is 1. The standard InChI is InChI=1S/C16H25N3O2/c17-12-14-4-6-15(7-5-14)21-13-16(20)18-8-3-11-19-9-1-2-10-19/h4-7H,1-3,8-13,17H2,(H,18,20). The zero-order chi connectivity index (χ0) is 14.9. The largest absolute Gasteiger partial charge is 0.484 e. The molecule has 0 unspecified atom stereocenters. The minimum Gasteiger partial charge on any atom is -0.484 e. The number of carbonyl (C=O) groups is 1. The van der Waals surface area contributed by atoms with Crippen LogP contribution in [0, 0.1) is 0 Å². The molecule has 2 rings (SSSR count). The average molecular weight is 291 g/mol. The van der Waals surface area contributed by atoms with Crippen LogP contribution in [-0.2, 0) is 11.3 Å². The van der Waals surface area contributed by atoms with Crippen molar-refractivity contribution in [1.82, 2.24) is 10.2 Å². The fourth-order valence-corrected chi connectivity index (χ4v) is 2.46. The SMILES string of the molecule is NCc1ccc(OCC(=O)NCCCN2CCCC2)cc1. The van der Waals surface area contributed by atoms with Gasteiger partial charge < -0.3 is 20.7 Å². The number of nitrogens with zero attached hydrogens (tertiary/aromatic N) is 1. The molecule has 1 aromatic carbocycles. The Morgan fingerprint density at radius 3 is 2.62 bits per heavy atom. The predicted molar refractivity (Wildman–Crippen MR) is 83.1 cm³/mol. The summed E-state index contributed by atoms with van der Waals surface area (Å²) in [5, 5.41) is 2.89. The molecule has 0 radical (unpaired) electrons. The van der Waals surface area contributed by atoms with Crippen LogP contribution in [0.1, 0.15) is 24.8 Å². The molecule has 1 heterocycles. The van der Waals surface area contributed by atoms with Gasteiger partial charge in [-0.15, -0.1) is 0 Å². The molecule has 0 bridgehead atoms. The number of benzene rings is 1. The van der Waals surface area contributed by atoms with Crippen molar-refractivity contribution in [3.8, 4) is 5.75 Å². The van der Waals surface area contributed by atoms with E-state index in [0.29, 0.717) is 18.8 Å². The molecule has 1 saturated heterocycles. The van der Waals surface area contributed by atoms with E-state index in [4.69, 9.17) is 10.5 Å². The monoisotopic (exact) mass is 291 g/mol. The van der Waals surface area contributed by atoms with Crippen molar-refractivity contribution in [2.45, 2.75) is 25.8 Å². The fraction of sp³-hybridized carbons (Fsp3) is 0.562. The maximum absolute atomic E-state index is 11.7. The number of likely N-dealkylation sites (tertiary alicyclic amines) is 1. The summed E-state index contributed by atoms with van der Waals surface area (Å²) < 4.78 is 5.43. The molecule has 1 aromatic rings. The highest BCUT2D eigenvalue weighted by Crippen LogP contribution is 2.11. The van der Waals surface area contributed by atoms with Gasteiger partial charge in [0.05, 0.1) is 0 Å². The molecule has 3 N–H and O–H groups in total. The third-order valence-electron chi connectivity index (χ3n) is 3.70. The Morgan fingerprint density at radius 2 is 1.95 bits per heavy atom. The van der Waals surface area contributed by atoms with Crippen LogP contribution in [0.2, 0.25) is 0 Å². The van der Waals surface area contributed by atoms with Crippen molar-refractivity contribution in [1.29, 1.82) is 0 Å². The topological polar surface area (TPSA) is 67.6 Å². The molecule has 0 aliphatic carbocycles. The molecule has 1 aliphatic rings. The minimum atomic E-state index is -0.0701. The number of hydrogen-bond donors (Lipinski definition) is 2. The first-order chi connectivity index (χ1) is 10.3. The van der Waals surface area contributed by atoms with Gasteiger partial charge in [0.1, 0.15) is 5.75 Å². The van der Waals surface area contributed by atoms with Crippen molar-refractivity contribution in [3.63, 3.8) is 0 Å². The molecule has 21 heavy (non-hydrogen) atoms. The lowest BCUT2D eigenvalue weighted by molar-refractivity contribution is -0.123. The highest BCUT2D eigenvalue weighted by Gasteiger charge is 2.10. The van der Waals surface area contributed by atoms with Crippen molar-refractivity contribution < 1.29 is 9.53 Å². The highest BCUT2D eigenvalue weighted by atomic mass is 16.5. The Kier molecular flexibility index (Phi) is 6.50. The maximum atomic E-state index is 11.7. The molecule has 116 valence electrons. The normalized spacial score (nSPS) is 15.1. The molecule has 0 saturated carbocycles. The van der Waals surface area contributed by atoms with E-state index in [1.165, 1.54) is 25.9 Å². The molecule has 0 atom stereocenters. The lowest BCUT2D eigenvalue weighted by Gasteiger charge is -2.14. The van der Waals surface area contributed by atoms with Crippen molar-refractivity contribution in [2.24, 2.45) is 5.73 Å². The van der Waals surface area contributed by atoms with E-state index in [0.717, 1.165) is 18.5 Å². The van der Waals surface area contributed by atoms with E-state index < -0.39 is 0 Å². The van der Waals surface area contributed by atoms with Crippen molar-refractivity contribution in [3.05, 3.63) is 29.8 Å². The van der Waals surface area contributed by atoms with Crippen LogP contribution in [-0.4, -0.2) is 43.6 Å². The second-order valence-corrected chi connectivity index (χ2v) is 5.39. The summed E-state index contributed by atoms with van der Waals surface area (Å²) in [7, 11) is 0. The molecular weight excluding hydrogens is 266 g/mol. The summed E-state index contributed by atoms with van der Waals surface area (Å²) in [5.41, 5.74) is 6.58. The van der Waals surface area contributed by atoms with Gasteiger partial charge in [-0.1, -0.05) is 12.1 Å². The van der Waals surface area contributed by atoms with Gasteiger partial charge in [0.2, 0.25) is 0 Å². The van der Waals surface area contributed by atoms with Crippen LogP contribution in [0.3, 0.4) is 0 Å². The fourth-order valence-electron chi connectivity index (χ4n) is 2.46. The second kappa shape index (κ2) is 8.64. The number of hydrogen-bond acceptors (Lipinski definition) is 4. The van der Waals surface area contributed by atoms with E-state index in [1.54, 1.807) is 0 Å². The van der Waals surface area contributed by atoms with Gasteiger partial charge in [-0.3, -0.25) is 4.79 Å². The van der Waals surface area contributed by atoms with Crippen molar-refractivity contribution in [2.75, 3.05) is 32.8 Å². The van der Waals surface area contributed by atoms with E-state index in [9.17, 15) is 4.79 Å². The first kappa shape index (κ1) is 15.8. The lowest BCUT2D eigenvalue weighted by Crippen LogP contribution is -2.32. The molecule has 0 spiro atoms. The summed E-state index contributed by atoms with van der Waals surface area (Å²) in [6.07, 6.45) is 3.61. The van der Waals surface area contributed by atoms with Crippen LogP contribution >= 0.6 is 0 Å². The summed E-state index contributed by atoms with van der Waals surface area (Å²) >= 11 is 0. The third kappa shape index (κ3) is 5.73. The third-order valence-corrected chi connectivity index (χ3v) is 3.70. The van der Waals surface area contributed by atoms with E-state index >= 15 is 0 Å². The van der Waals surface area contributed by atoms with E-state index in [1.807, 2.05) is 24.3 Å². The van der Waals surface area contributed by atoms with Gasteiger partial charge in [0, 0.05) is 13.1 Å². The van der Waals surface area contributed by atoms with Crippen LogP contribution in [0.5, 0.6) is 5.75 Å². The van der Waals surface area contributed by atoms with Gasteiger partial charge >= 0.3 is 0 Å². The summed E-state index contributed by atoms with van der Waals surface area (Å²) in [4.78, 5) is 14.1. The second-order valence-electron chi connectivity index (χ2n) is 5.39. The number of nitrogens with one attached hydrogen (secondary N) is 1. The first-order valence-electron chi connectivity index (χ1n) is 7.69. The van der Waals surface area contributed by atoms with Crippen LogP contribution in [0.15, 0.2) is 24.3 Å². The zero-order valence-electron chi connectivity index (χ0n) is 12.5. The Labute approximate surface area is 126 Å². The van der Waals surface area contributed by atoms with Crippen LogP contribution in [0.25, 0.3) is 0 Å². The smallest absolute Gasteiger partial charge is 0.257 e. The predicted octanol–water partition coefficient (Wildman–Crippen LogP) is 1.13. The zero-order valence-corrected chi connectivity index (χ0v) is 12.5. The Bertz CT molecular complexity index is 428. The molecule has 5 nitrogen and oxygen atoms in total. The molecule has 0 aromatic heterocycles. The quantitative estimate of drug-likeness (QED) is 0.705. The molecule has 1 fully saturated rings. The number of rotatable bonds is 8. The summed E-state index contributed by atoms with van der Waals surface area (Å²) in [6, 6.07) is 7.48. The van der Waals surface area contributed by atoms with E-state index in [-0.39, 0.29) is 12.5 Å². The maximum Gasteiger partial charge on any atom is 0.257 e. The molecular formula is C16H25N3O2. The molecule has 5 heteroatoms. The highest BCUT2D eigenvalue weighted by molar-refractivity contribution is 5.77. The van der Waals surface area contributed by atoms with Crippen LogP contribution < -0.4 is 15.8 Å². The molecule has 1 aliphatic heterocycles. The summed E-state index contributed by atoms with van der Waals surface area (Å²) in [6.45, 7) is 4.77. The Balaban J connectivity index is 1.56. The van der Waals surface area contributed by atoms with Crippen LogP contribution in [0.4, 0.5) is 0 Å². The molecule has 1 amide bonds. The van der Waals surface area contributed by atoms with Gasteiger partial charge in [-0.2, -0.15) is 0 Å². The summed E-state index contributed by atoms with van der Waals surface area (Å²) in [5.74, 6) is 0.624. The lowest BCUT2D eigenvalue weighted by atomic mass is 10.2. The number of amides is 1. The van der Waals surface area contributed by atoms with Gasteiger partial charge in [-0.05, 0) is 56.6 Å². The van der Waals surface area contributed by atoms with Gasteiger partial charge in [0.15, 0.2) is 6.61 Å². The Hall–Kier alpha value is -1.59. The van der Waals surface area contributed by atoms with Gasteiger partial charge in [-0.25, -0.2) is 0 Å². The Morgan fingerprint density at radius 1 is 1.24 bits per heavy atom.